The first kappa shape index (κ1) is 26.7. The van der Waals surface area contributed by atoms with Crippen molar-refractivity contribution in [1.29, 1.82) is 0 Å². The number of benzene rings is 2. The quantitative estimate of drug-likeness (QED) is 0.491. The molecule has 182 valence electrons. The van der Waals surface area contributed by atoms with Gasteiger partial charge in [-0.05, 0) is 79.1 Å². The molecule has 1 N–H and O–H groups in total. The summed E-state index contributed by atoms with van der Waals surface area (Å²) < 4.78 is 31.5. The summed E-state index contributed by atoms with van der Waals surface area (Å²) >= 11 is 0. The van der Waals surface area contributed by atoms with E-state index in [-0.39, 0.29) is 24.9 Å². The van der Waals surface area contributed by atoms with Crippen LogP contribution in [0.1, 0.15) is 74.8 Å². The van der Waals surface area contributed by atoms with Gasteiger partial charge in [-0.1, -0.05) is 32.9 Å². The SMILES string of the molecule is CCc1ccc(N(CCCC(=O)N[C@H](C)c2cc(C(C)C)c(OC)cc2C)S(C)(=O)=O)cc1. The van der Waals surface area contributed by atoms with Crippen LogP contribution >= 0.6 is 0 Å². The van der Waals surface area contributed by atoms with Crippen LogP contribution in [0, 0.1) is 6.92 Å². The highest BCUT2D eigenvalue weighted by atomic mass is 32.2. The summed E-state index contributed by atoms with van der Waals surface area (Å²) in [5, 5.41) is 3.06. The number of ether oxygens (including phenoxy) is 1. The maximum absolute atomic E-state index is 12.6. The molecule has 33 heavy (non-hydrogen) atoms. The van der Waals surface area contributed by atoms with Crippen molar-refractivity contribution in [3.8, 4) is 5.75 Å². The molecule has 0 aliphatic rings. The first-order valence-electron chi connectivity index (χ1n) is 11.5. The molecule has 0 bridgehead atoms. The Labute approximate surface area is 199 Å². The van der Waals surface area contributed by atoms with Gasteiger partial charge in [-0.2, -0.15) is 0 Å². The Bertz CT molecular complexity index is 1050. The summed E-state index contributed by atoms with van der Waals surface area (Å²) in [5.74, 6) is 1.06. The molecule has 0 saturated heterocycles. The molecule has 0 fully saturated rings. The summed E-state index contributed by atoms with van der Waals surface area (Å²) in [4.78, 5) is 12.6. The first-order valence-corrected chi connectivity index (χ1v) is 13.4. The van der Waals surface area contributed by atoms with Gasteiger partial charge in [0.2, 0.25) is 15.9 Å². The van der Waals surface area contributed by atoms with Gasteiger partial charge in [0.25, 0.3) is 0 Å². The highest BCUT2D eigenvalue weighted by molar-refractivity contribution is 7.92. The van der Waals surface area contributed by atoms with Crippen molar-refractivity contribution in [2.24, 2.45) is 0 Å². The second kappa shape index (κ2) is 11.5. The summed E-state index contributed by atoms with van der Waals surface area (Å²) in [6.45, 7) is 10.5. The molecule has 0 radical (unpaired) electrons. The highest BCUT2D eigenvalue weighted by Crippen LogP contribution is 2.32. The zero-order chi connectivity index (χ0) is 24.8. The van der Waals surface area contributed by atoms with E-state index in [1.807, 2.05) is 44.2 Å². The molecule has 7 heteroatoms. The van der Waals surface area contributed by atoms with E-state index in [1.165, 1.54) is 10.6 Å². The van der Waals surface area contributed by atoms with Gasteiger partial charge >= 0.3 is 0 Å². The molecule has 0 heterocycles. The lowest BCUT2D eigenvalue weighted by Gasteiger charge is -2.23. The Morgan fingerprint density at radius 1 is 1.09 bits per heavy atom. The summed E-state index contributed by atoms with van der Waals surface area (Å²) in [5.41, 5.74) is 5.00. The molecule has 6 nitrogen and oxygen atoms in total. The number of rotatable bonds is 11. The van der Waals surface area contributed by atoms with Crippen LogP contribution in [0.15, 0.2) is 36.4 Å². The van der Waals surface area contributed by atoms with Gasteiger partial charge in [0.05, 0.1) is 25.1 Å². The van der Waals surface area contributed by atoms with E-state index in [1.54, 1.807) is 7.11 Å². The van der Waals surface area contributed by atoms with E-state index >= 15 is 0 Å². The molecule has 1 atom stereocenters. The average Bonchev–Trinajstić information content (AvgIpc) is 2.75. The Hall–Kier alpha value is -2.54. The first-order chi connectivity index (χ1) is 15.5. The largest absolute Gasteiger partial charge is 0.496 e. The number of nitrogens with one attached hydrogen (secondary N) is 1. The molecule has 0 aliphatic heterocycles. The minimum Gasteiger partial charge on any atom is -0.496 e. The maximum atomic E-state index is 12.6. The van der Waals surface area contributed by atoms with Crippen LogP contribution in [0.4, 0.5) is 5.69 Å². The Morgan fingerprint density at radius 2 is 1.73 bits per heavy atom. The van der Waals surface area contributed by atoms with Gasteiger partial charge in [-0.15, -0.1) is 0 Å². The van der Waals surface area contributed by atoms with Crippen molar-refractivity contribution in [2.45, 2.75) is 65.8 Å². The van der Waals surface area contributed by atoms with Crippen molar-refractivity contribution in [3.05, 3.63) is 58.7 Å². The van der Waals surface area contributed by atoms with Gasteiger partial charge in [0, 0.05) is 13.0 Å². The number of carbonyl (C=O) groups is 1. The van der Waals surface area contributed by atoms with Gasteiger partial charge in [0.15, 0.2) is 0 Å². The minimum atomic E-state index is -3.44. The number of hydrogen-bond acceptors (Lipinski definition) is 4. The zero-order valence-corrected chi connectivity index (χ0v) is 21.8. The van der Waals surface area contributed by atoms with E-state index in [9.17, 15) is 13.2 Å². The van der Waals surface area contributed by atoms with Crippen LogP contribution in [0.2, 0.25) is 0 Å². The molecule has 1 amide bonds. The van der Waals surface area contributed by atoms with Crippen LogP contribution in [0.3, 0.4) is 0 Å². The van der Waals surface area contributed by atoms with E-state index in [0.29, 0.717) is 18.0 Å². The number of carbonyl (C=O) groups excluding carboxylic acids is 1. The molecule has 0 aliphatic carbocycles. The van der Waals surface area contributed by atoms with Crippen molar-refractivity contribution in [1.82, 2.24) is 5.32 Å². The number of methoxy groups -OCH3 is 1. The third kappa shape index (κ3) is 7.22. The van der Waals surface area contributed by atoms with Crippen molar-refractivity contribution >= 4 is 21.6 Å². The Morgan fingerprint density at radius 3 is 2.24 bits per heavy atom. The van der Waals surface area contributed by atoms with E-state index in [2.05, 4.69) is 32.2 Å². The monoisotopic (exact) mass is 474 g/mol. The number of hydrogen-bond donors (Lipinski definition) is 1. The fourth-order valence-corrected chi connectivity index (χ4v) is 4.93. The van der Waals surface area contributed by atoms with Gasteiger partial charge in [-0.25, -0.2) is 8.42 Å². The summed E-state index contributed by atoms with van der Waals surface area (Å²) in [6.07, 6.45) is 2.76. The topological polar surface area (TPSA) is 75.7 Å². The standard InChI is InChI=1S/C26H38N2O4S/c1-8-21-11-13-22(14-12-21)28(33(7,30)31)15-9-10-26(29)27-20(5)24-17-23(18(2)3)25(32-6)16-19(24)4/h11-14,16-18,20H,8-10,15H2,1-7H3,(H,27,29)/t20-/m1/s1. The molecule has 2 aromatic carbocycles. The fraction of sp³-hybridized carbons (Fsp3) is 0.500. The van der Waals surface area contributed by atoms with Gasteiger partial charge < -0.3 is 10.1 Å². The molecule has 0 saturated carbocycles. The Balaban J connectivity index is 2.03. The summed E-state index contributed by atoms with van der Waals surface area (Å²) in [6, 6.07) is 11.5. The normalized spacial score (nSPS) is 12.5. The van der Waals surface area contributed by atoms with Gasteiger partial charge in [0.1, 0.15) is 5.75 Å². The number of nitrogens with zero attached hydrogens (tertiary/aromatic N) is 1. The maximum Gasteiger partial charge on any atom is 0.232 e. The van der Waals surface area contributed by atoms with E-state index in [4.69, 9.17) is 4.74 Å². The molecule has 0 unspecified atom stereocenters. The lowest BCUT2D eigenvalue weighted by Crippen LogP contribution is -2.32. The van der Waals surface area contributed by atoms with Crippen molar-refractivity contribution in [2.75, 3.05) is 24.2 Å². The number of anilines is 1. The fourth-order valence-electron chi connectivity index (χ4n) is 3.97. The highest BCUT2D eigenvalue weighted by Gasteiger charge is 2.19. The average molecular weight is 475 g/mol. The molecule has 2 aromatic rings. The van der Waals surface area contributed by atoms with Gasteiger partial charge in [-0.3, -0.25) is 9.10 Å². The Kier molecular flexibility index (Phi) is 9.35. The molecular weight excluding hydrogens is 436 g/mol. The lowest BCUT2D eigenvalue weighted by atomic mass is 9.93. The zero-order valence-electron chi connectivity index (χ0n) is 20.9. The lowest BCUT2D eigenvalue weighted by molar-refractivity contribution is -0.121. The molecule has 2 rings (SSSR count). The van der Waals surface area contributed by atoms with Crippen molar-refractivity contribution in [3.63, 3.8) is 0 Å². The predicted molar refractivity (Wildman–Crippen MR) is 136 cm³/mol. The third-order valence-electron chi connectivity index (χ3n) is 5.88. The van der Waals surface area contributed by atoms with Crippen LogP contribution in [0.25, 0.3) is 0 Å². The molecule has 0 spiro atoms. The van der Waals surface area contributed by atoms with Crippen LogP contribution in [0.5, 0.6) is 5.75 Å². The second-order valence-electron chi connectivity index (χ2n) is 8.85. The number of aryl methyl sites for hydroxylation is 2. The molecular formula is C26H38N2O4S. The van der Waals surface area contributed by atoms with Crippen molar-refractivity contribution < 1.29 is 17.9 Å². The molecule has 0 aromatic heterocycles. The second-order valence-corrected chi connectivity index (χ2v) is 10.8. The number of amides is 1. The van der Waals surface area contributed by atoms with Crippen LogP contribution < -0.4 is 14.4 Å². The number of sulfonamides is 1. The van der Waals surface area contributed by atoms with E-state index < -0.39 is 10.0 Å². The van der Waals surface area contributed by atoms with E-state index in [0.717, 1.165) is 34.4 Å². The predicted octanol–water partition coefficient (Wildman–Crippen LogP) is 5.11. The van der Waals surface area contributed by atoms with Crippen LogP contribution in [-0.2, 0) is 21.2 Å². The minimum absolute atomic E-state index is 0.0985. The summed E-state index contributed by atoms with van der Waals surface area (Å²) in [7, 11) is -1.77. The van der Waals surface area contributed by atoms with Crippen LogP contribution in [-0.4, -0.2) is 34.2 Å². The third-order valence-corrected chi connectivity index (χ3v) is 7.08. The smallest absolute Gasteiger partial charge is 0.232 e.